The Morgan fingerprint density at radius 3 is 2.87 bits per heavy atom. The minimum absolute atomic E-state index is 0. The maximum Gasteiger partial charge on any atom is 0.416 e. The zero-order valence-electron chi connectivity index (χ0n) is 16.9. The summed E-state index contributed by atoms with van der Waals surface area (Å²) in [5.41, 5.74) is 0.918. The Bertz CT molecular complexity index is 843. The monoisotopic (exact) mass is 554 g/mol. The molecule has 0 spiro atoms. The van der Waals surface area contributed by atoms with E-state index in [1.807, 2.05) is 4.90 Å². The number of nitrogens with zero attached hydrogens (tertiary/aromatic N) is 3. The van der Waals surface area contributed by atoms with Crippen molar-refractivity contribution in [1.82, 2.24) is 15.2 Å². The Kier molecular flexibility index (Phi) is 9.35. The predicted molar refractivity (Wildman–Crippen MR) is 124 cm³/mol. The summed E-state index contributed by atoms with van der Waals surface area (Å²) in [5, 5.41) is 6.53. The van der Waals surface area contributed by atoms with Crippen LogP contribution in [0.1, 0.15) is 34.9 Å². The third kappa shape index (κ3) is 6.55. The highest BCUT2D eigenvalue weighted by Gasteiger charge is 2.32. The molecule has 1 unspecified atom stereocenters. The lowest BCUT2D eigenvalue weighted by atomic mass is 10.0. The van der Waals surface area contributed by atoms with Crippen LogP contribution < -0.4 is 5.32 Å². The minimum Gasteiger partial charge on any atom is -0.370 e. The molecule has 2 aromatic rings. The van der Waals surface area contributed by atoms with E-state index in [1.54, 1.807) is 24.5 Å². The van der Waals surface area contributed by atoms with Crippen LogP contribution in [-0.2, 0) is 23.8 Å². The zero-order chi connectivity index (χ0) is 20.9. The van der Waals surface area contributed by atoms with E-state index in [2.05, 4.69) is 27.6 Å². The molecule has 30 heavy (non-hydrogen) atoms. The summed E-state index contributed by atoms with van der Waals surface area (Å²) < 4.78 is 44.8. The number of guanidine groups is 1. The molecule has 0 saturated carbocycles. The number of benzene rings is 1. The van der Waals surface area contributed by atoms with Gasteiger partial charge in [-0.05, 0) is 24.1 Å². The van der Waals surface area contributed by atoms with Crippen LogP contribution in [0.4, 0.5) is 13.2 Å². The maximum absolute atomic E-state index is 13.0. The van der Waals surface area contributed by atoms with Crippen LogP contribution in [0.25, 0.3) is 0 Å². The summed E-state index contributed by atoms with van der Waals surface area (Å²) in [6.45, 7) is 4.27. The van der Waals surface area contributed by atoms with Crippen LogP contribution >= 0.6 is 35.3 Å². The van der Waals surface area contributed by atoms with Crippen LogP contribution in [0, 0.1) is 0 Å². The van der Waals surface area contributed by atoms with Gasteiger partial charge in [0.05, 0.1) is 29.4 Å². The Morgan fingerprint density at radius 2 is 2.20 bits per heavy atom. The molecule has 0 aliphatic carbocycles. The number of hydrogen-bond acceptors (Lipinski definition) is 4. The lowest BCUT2D eigenvalue weighted by Gasteiger charge is -2.35. The van der Waals surface area contributed by atoms with Gasteiger partial charge in [0.2, 0.25) is 0 Å². The molecule has 10 heteroatoms. The molecule has 2 heterocycles. The first-order valence-corrected chi connectivity index (χ1v) is 10.5. The molecular weight excluding hydrogens is 528 g/mol. The number of morpholine rings is 1. The highest BCUT2D eigenvalue weighted by atomic mass is 127. The third-order valence-electron chi connectivity index (χ3n) is 4.73. The fourth-order valence-electron chi connectivity index (χ4n) is 3.22. The van der Waals surface area contributed by atoms with E-state index in [0.717, 1.165) is 41.6 Å². The topological polar surface area (TPSA) is 49.8 Å². The number of thiazole rings is 1. The first kappa shape index (κ1) is 24.9. The van der Waals surface area contributed by atoms with E-state index in [-0.39, 0.29) is 24.0 Å². The van der Waals surface area contributed by atoms with E-state index in [0.29, 0.717) is 31.8 Å². The van der Waals surface area contributed by atoms with Crippen molar-refractivity contribution in [3.63, 3.8) is 0 Å². The second-order valence-corrected chi connectivity index (χ2v) is 7.68. The van der Waals surface area contributed by atoms with Gasteiger partial charge in [0.25, 0.3) is 0 Å². The van der Waals surface area contributed by atoms with Gasteiger partial charge in [0, 0.05) is 31.9 Å². The summed E-state index contributed by atoms with van der Waals surface area (Å²) in [6.07, 6.45) is -3.08. The number of aromatic nitrogens is 1. The van der Waals surface area contributed by atoms with Gasteiger partial charge in [-0.1, -0.05) is 19.1 Å². The Hall–Kier alpha value is -1.40. The van der Waals surface area contributed by atoms with Crippen molar-refractivity contribution in [3.05, 3.63) is 51.5 Å². The van der Waals surface area contributed by atoms with Crippen molar-refractivity contribution in [2.24, 2.45) is 4.99 Å². The summed E-state index contributed by atoms with van der Waals surface area (Å²) in [4.78, 5) is 10.9. The van der Waals surface area contributed by atoms with E-state index in [1.165, 1.54) is 6.07 Å². The van der Waals surface area contributed by atoms with Gasteiger partial charge in [-0.3, -0.25) is 4.99 Å². The normalized spacial score (nSPS) is 17.6. The standard InChI is InChI=1S/C20H25F3N4OS.HI/c1-3-18-26-16(13-29-18)7-8-25-19(24-2)27-9-10-28-17(12-27)14-5-4-6-15(11-14)20(21,22)23;/h4-6,11,13,17H,3,7-10,12H2,1-2H3,(H,24,25);1H. The Balaban J connectivity index is 0.00000320. The SMILES string of the molecule is CCc1nc(CCNC(=NC)N2CCOC(c3cccc(C(F)(F)F)c3)C2)cs1.I. The van der Waals surface area contributed by atoms with Crippen LogP contribution in [0.2, 0.25) is 0 Å². The summed E-state index contributed by atoms with van der Waals surface area (Å²) >= 11 is 1.67. The highest BCUT2D eigenvalue weighted by molar-refractivity contribution is 14.0. The second-order valence-electron chi connectivity index (χ2n) is 6.74. The minimum atomic E-state index is -4.37. The van der Waals surface area contributed by atoms with Crippen LogP contribution in [-0.4, -0.2) is 49.1 Å². The number of hydrogen-bond donors (Lipinski definition) is 1. The molecule has 1 aliphatic rings. The van der Waals surface area contributed by atoms with Gasteiger partial charge in [-0.2, -0.15) is 13.2 Å². The molecule has 1 aliphatic heterocycles. The summed E-state index contributed by atoms with van der Waals surface area (Å²) in [7, 11) is 1.70. The number of halogens is 4. The van der Waals surface area contributed by atoms with Crippen molar-refractivity contribution in [3.8, 4) is 0 Å². The molecular formula is C20H26F3IN4OS. The molecule has 1 aromatic heterocycles. The number of nitrogens with one attached hydrogen (secondary N) is 1. The summed E-state index contributed by atoms with van der Waals surface area (Å²) in [5.74, 6) is 0.719. The number of rotatable bonds is 5. The van der Waals surface area contributed by atoms with Crippen molar-refractivity contribution in [1.29, 1.82) is 0 Å². The van der Waals surface area contributed by atoms with Gasteiger partial charge in [-0.25, -0.2) is 4.98 Å². The molecule has 166 valence electrons. The predicted octanol–water partition coefficient (Wildman–Crippen LogP) is 4.53. The molecule has 1 N–H and O–H groups in total. The smallest absolute Gasteiger partial charge is 0.370 e. The van der Waals surface area contributed by atoms with Crippen LogP contribution in [0.5, 0.6) is 0 Å². The van der Waals surface area contributed by atoms with Crippen molar-refractivity contribution in [2.45, 2.75) is 32.0 Å². The fourth-order valence-corrected chi connectivity index (χ4v) is 4.00. The Morgan fingerprint density at radius 1 is 1.40 bits per heavy atom. The third-order valence-corrected chi connectivity index (χ3v) is 5.77. The first-order valence-electron chi connectivity index (χ1n) is 9.58. The zero-order valence-corrected chi connectivity index (χ0v) is 20.1. The first-order chi connectivity index (χ1) is 13.9. The summed E-state index contributed by atoms with van der Waals surface area (Å²) in [6, 6.07) is 5.34. The molecule has 0 amide bonds. The van der Waals surface area contributed by atoms with E-state index >= 15 is 0 Å². The quantitative estimate of drug-likeness (QED) is 0.335. The average Bonchev–Trinajstić information content (AvgIpc) is 3.19. The molecule has 0 radical (unpaired) electrons. The van der Waals surface area contributed by atoms with Crippen molar-refractivity contribution >= 4 is 41.3 Å². The van der Waals surface area contributed by atoms with Gasteiger partial charge in [-0.15, -0.1) is 35.3 Å². The molecule has 3 rings (SSSR count). The Labute approximate surface area is 195 Å². The molecule has 5 nitrogen and oxygen atoms in total. The van der Waals surface area contributed by atoms with Gasteiger partial charge >= 0.3 is 6.18 Å². The van der Waals surface area contributed by atoms with Crippen molar-refractivity contribution < 1.29 is 17.9 Å². The molecule has 1 fully saturated rings. The van der Waals surface area contributed by atoms with E-state index in [9.17, 15) is 13.2 Å². The fraction of sp³-hybridized carbons (Fsp3) is 0.500. The largest absolute Gasteiger partial charge is 0.416 e. The molecule has 0 bridgehead atoms. The number of alkyl halides is 3. The number of ether oxygens (including phenoxy) is 1. The number of aryl methyl sites for hydroxylation is 1. The average molecular weight is 554 g/mol. The maximum atomic E-state index is 13.0. The van der Waals surface area contributed by atoms with Crippen LogP contribution in [0.3, 0.4) is 0 Å². The van der Waals surface area contributed by atoms with Crippen LogP contribution in [0.15, 0.2) is 34.6 Å². The van der Waals surface area contributed by atoms with E-state index in [4.69, 9.17) is 4.74 Å². The van der Waals surface area contributed by atoms with Gasteiger partial charge in [0.1, 0.15) is 6.10 Å². The lowest BCUT2D eigenvalue weighted by molar-refractivity contribution is -0.137. The lowest BCUT2D eigenvalue weighted by Crippen LogP contribution is -2.48. The van der Waals surface area contributed by atoms with Gasteiger partial charge < -0.3 is 15.0 Å². The second kappa shape index (κ2) is 11.3. The molecule has 1 aromatic carbocycles. The number of aliphatic imine (C=N–C) groups is 1. The van der Waals surface area contributed by atoms with Gasteiger partial charge in [0.15, 0.2) is 5.96 Å². The molecule has 1 saturated heterocycles. The molecule has 1 atom stereocenters. The van der Waals surface area contributed by atoms with E-state index < -0.39 is 17.8 Å². The highest BCUT2D eigenvalue weighted by Crippen LogP contribution is 2.32. The van der Waals surface area contributed by atoms with Crippen molar-refractivity contribution in [2.75, 3.05) is 33.3 Å².